The molecule has 0 amide bonds. The highest BCUT2D eigenvalue weighted by Gasteiger charge is 2.13. The average Bonchev–Trinajstić information content (AvgIpc) is 2.16. The molecular weight excluding hydrogens is 204 g/mol. The summed E-state index contributed by atoms with van der Waals surface area (Å²) >= 11 is 0. The molecule has 0 saturated carbocycles. The van der Waals surface area contributed by atoms with E-state index in [1.165, 1.54) is 0 Å². The lowest BCUT2D eigenvalue weighted by Crippen LogP contribution is -2.22. The maximum Gasteiger partial charge on any atom is 0.125 e. The lowest BCUT2D eigenvalue weighted by atomic mass is 10.1. The standard InChI is InChI=1S/C13H20O3/c1-10(14)11-6-4-5-7-12(11)16-9-8-13(2,3)15/h4-7,10,14-15H,8-9H2,1-3H3. The van der Waals surface area contributed by atoms with Crippen LogP contribution in [0.15, 0.2) is 24.3 Å². The molecule has 0 aliphatic rings. The first kappa shape index (κ1) is 13.0. The maximum atomic E-state index is 9.54. The minimum Gasteiger partial charge on any atom is -0.493 e. The Balaban J connectivity index is 2.60. The number of hydrogen-bond acceptors (Lipinski definition) is 3. The Bertz CT molecular complexity index is 326. The Labute approximate surface area is 96.7 Å². The van der Waals surface area contributed by atoms with Crippen molar-refractivity contribution in [2.75, 3.05) is 6.61 Å². The molecule has 0 bridgehead atoms. The molecule has 1 unspecified atom stereocenters. The number of benzene rings is 1. The van der Waals surface area contributed by atoms with Crippen molar-refractivity contribution in [2.24, 2.45) is 0 Å². The van der Waals surface area contributed by atoms with Crippen LogP contribution in [0.1, 0.15) is 38.9 Å². The third-order valence-electron chi connectivity index (χ3n) is 2.34. The Morgan fingerprint density at radius 3 is 2.50 bits per heavy atom. The van der Waals surface area contributed by atoms with Gasteiger partial charge < -0.3 is 14.9 Å². The molecule has 0 heterocycles. The van der Waals surface area contributed by atoms with Gasteiger partial charge in [-0.05, 0) is 26.8 Å². The Hall–Kier alpha value is -1.06. The largest absolute Gasteiger partial charge is 0.493 e. The van der Waals surface area contributed by atoms with Gasteiger partial charge in [-0.2, -0.15) is 0 Å². The van der Waals surface area contributed by atoms with Gasteiger partial charge in [0.1, 0.15) is 5.75 Å². The topological polar surface area (TPSA) is 49.7 Å². The van der Waals surface area contributed by atoms with Gasteiger partial charge in [-0.15, -0.1) is 0 Å². The number of rotatable bonds is 5. The van der Waals surface area contributed by atoms with Gasteiger partial charge in [0.25, 0.3) is 0 Å². The smallest absolute Gasteiger partial charge is 0.125 e. The molecule has 3 heteroatoms. The molecule has 1 aromatic carbocycles. The highest BCUT2D eigenvalue weighted by atomic mass is 16.5. The zero-order valence-electron chi connectivity index (χ0n) is 10.1. The average molecular weight is 224 g/mol. The van der Waals surface area contributed by atoms with Gasteiger partial charge in [0.2, 0.25) is 0 Å². The van der Waals surface area contributed by atoms with Gasteiger partial charge in [-0.25, -0.2) is 0 Å². The van der Waals surface area contributed by atoms with Crippen molar-refractivity contribution in [2.45, 2.75) is 38.9 Å². The number of aliphatic hydroxyl groups excluding tert-OH is 1. The quantitative estimate of drug-likeness (QED) is 0.806. The summed E-state index contributed by atoms with van der Waals surface area (Å²) in [5, 5.41) is 19.1. The molecule has 1 aromatic rings. The molecule has 0 aromatic heterocycles. The summed E-state index contributed by atoms with van der Waals surface area (Å²) in [4.78, 5) is 0. The van der Waals surface area contributed by atoms with Crippen molar-refractivity contribution in [3.8, 4) is 5.75 Å². The molecule has 2 N–H and O–H groups in total. The minimum absolute atomic E-state index is 0.438. The summed E-state index contributed by atoms with van der Waals surface area (Å²) in [5.74, 6) is 0.682. The Morgan fingerprint density at radius 1 is 1.31 bits per heavy atom. The molecule has 1 rings (SSSR count). The van der Waals surface area contributed by atoms with Crippen LogP contribution < -0.4 is 4.74 Å². The molecule has 3 nitrogen and oxygen atoms in total. The summed E-state index contributed by atoms with van der Waals surface area (Å²) in [6.45, 7) is 5.64. The van der Waals surface area contributed by atoms with E-state index in [9.17, 15) is 10.2 Å². The van der Waals surface area contributed by atoms with Crippen LogP contribution in [0.5, 0.6) is 5.75 Å². The first-order valence-corrected chi connectivity index (χ1v) is 5.52. The normalized spacial score (nSPS) is 13.6. The van der Waals surface area contributed by atoms with Crippen molar-refractivity contribution in [1.82, 2.24) is 0 Å². The van der Waals surface area contributed by atoms with Gasteiger partial charge in [0.15, 0.2) is 0 Å². The van der Waals surface area contributed by atoms with Gasteiger partial charge in [-0.3, -0.25) is 0 Å². The van der Waals surface area contributed by atoms with Crippen molar-refractivity contribution in [3.63, 3.8) is 0 Å². The summed E-state index contributed by atoms with van der Waals surface area (Å²) in [6, 6.07) is 7.40. The minimum atomic E-state index is -0.722. The van der Waals surface area contributed by atoms with Crippen LogP contribution in [-0.2, 0) is 0 Å². The van der Waals surface area contributed by atoms with Crippen LogP contribution in [0.3, 0.4) is 0 Å². The van der Waals surface area contributed by atoms with E-state index in [2.05, 4.69) is 0 Å². The van der Waals surface area contributed by atoms with E-state index >= 15 is 0 Å². The molecule has 0 radical (unpaired) electrons. The van der Waals surface area contributed by atoms with Crippen molar-refractivity contribution in [1.29, 1.82) is 0 Å². The molecular formula is C13H20O3. The van der Waals surface area contributed by atoms with Crippen LogP contribution in [-0.4, -0.2) is 22.4 Å². The van der Waals surface area contributed by atoms with E-state index in [1.807, 2.05) is 24.3 Å². The second kappa shape index (κ2) is 5.32. The maximum absolute atomic E-state index is 9.54. The second-order valence-electron chi connectivity index (χ2n) is 4.62. The van der Waals surface area contributed by atoms with E-state index in [1.54, 1.807) is 20.8 Å². The number of aliphatic hydroxyl groups is 2. The zero-order valence-corrected chi connectivity index (χ0v) is 10.1. The van der Waals surface area contributed by atoms with E-state index in [-0.39, 0.29) is 0 Å². The van der Waals surface area contributed by atoms with Crippen LogP contribution >= 0.6 is 0 Å². The fourth-order valence-corrected chi connectivity index (χ4v) is 1.37. The van der Waals surface area contributed by atoms with Crippen LogP contribution in [0.25, 0.3) is 0 Å². The van der Waals surface area contributed by atoms with Crippen LogP contribution in [0, 0.1) is 0 Å². The predicted molar refractivity (Wildman–Crippen MR) is 63.5 cm³/mol. The summed E-state index contributed by atoms with van der Waals surface area (Å²) in [6.07, 6.45) is 0.0135. The molecule has 16 heavy (non-hydrogen) atoms. The van der Waals surface area contributed by atoms with Crippen molar-refractivity contribution in [3.05, 3.63) is 29.8 Å². The first-order valence-electron chi connectivity index (χ1n) is 5.52. The third kappa shape index (κ3) is 4.21. The first-order chi connectivity index (χ1) is 7.40. The number of para-hydroxylation sites is 1. The Kier molecular flexibility index (Phi) is 4.33. The zero-order chi connectivity index (χ0) is 12.2. The fraction of sp³-hybridized carbons (Fsp3) is 0.538. The highest BCUT2D eigenvalue weighted by Crippen LogP contribution is 2.24. The fourth-order valence-electron chi connectivity index (χ4n) is 1.37. The summed E-state index contributed by atoms with van der Waals surface area (Å²) in [5.41, 5.74) is 0.0537. The predicted octanol–water partition coefficient (Wildman–Crippen LogP) is 2.28. The van der Waals surface area contributed by atoms with E-state index in [0.717, 1.165) is 5.56 Å². The van der Waals surface area contributed by atoms with Crippen molar-refractivity contribution < 1.29 is 14.9 Å². The van der Waals surface area contributed by atoms with Gasteiger partial charge in [-0.1, -0.05) is 18.2 Å². The summed E-state index contributed by atoms with van der Waals surface area (Å²) in [7, 11) is 0. The lowest BCUT2D eigenvalue weighted by molar-refractivity contribution is 0.0548. The number of ether oxygens (including phenoxy) is 1. The van der Waals surface area contributed by atoms with Gasteiger partial charge in [0.05, 0.1) is 18.3 Å². The third-order valence-corrected chi connectivity index (χ3v) is 2.34. The van der Waals surface area contributed by atoms with E-state index in [0.29, 0.717) is 18.8 Å². The molecule has 0 aliphatic heterocycles. The SMILES string of the molecule is CC(O)c1ccccc1OCCC(C)(C)O. The van der Waals surface area contributed by atoms with Crippen LogP contribution in [0.2, 0.25) is 0 Å². The molecule has 0 fully saturated rings. The van der Waals surface area contributed by atoms with Crippen molar-refractivity contribution >= 4 is 0 Å². The molecule has 0 aliphatic carbocycles. The molecule has 90 valence electrons. The van der Waals surface area contributed by atoms with E-state index < -0.39 is 11.7 Å². The summed E-state index contributed by atoms with van der Waals surface area (Å²) < 4.78 is 5.55. The lowest BCUT2D eigenvalue weighted by Gasteiger charge is -2.18. The second-order valence-corrected chi connectivity index (χ2v) is 4.62. The molecule has 0 saturated heterocycles. The van der Waals surface area contributed by atoms with Crippen LogP contribution in [0.4, 0.5) is 0 Å². The molecule has 0 spiro atoms. The van der Waals surface area contributed by atoms with Gasteiger partial charge in [0, 0.05) is 12.0 Å². The monoisotopic (exact) mass is 224 g/mol. The Morgan fingerprint density at radius 2 is 1.94 bits per heavy atom. The van der Waals surface area contributed by atoms with E-state index in [4.69, 9.17) is 4.74 Å². The van der Waals surface area contributed by atoms with Gasteiger partial charge >= 0.3 is 0 Å². The highest BCUT2D eigenvalue weighted by molar-refractivity contribution is 5.34. The number of hydrogen-bond donors (Lipinski definition) is 2. The molecule has 1 atom stereocenters.